The Labute approximate surface area is 154 Å². The molecule has 2 rings (SSSR count). The first-order chi connectivity index (χ1) is 11.7. The molecular formula is C17H19ClN2O4S. The molecule has 2 unspecified atom stereocenters. The Balaban J connectivity index is 2.04. The van der Waals surface area contributed by atoms with Crippen LogP contribution in [0.5, 0.6) is 5.75 Å². The van der Waals surface area contributed by atoms with Gasteiger partial charge in [-0.3, -0.25) is 4.79 Å². The van der Waals surface area contributed by atoms with Crippen LogP contribution in [0.15, 0.2) is 18.2 Å². The number of ether oxygens (including phenoxy) is 1. The van der Waals surface area contributed by atoms with Gasteiger partial charge in [-0.05, 0) is 45.4 Å². The Hall–Kier alpha value is -2.12. The van der Waals surface area contributed by atoms with Gasteiger partial charge in [0, 0.05) is 0 Å². The van der Waals surface area contributed by atoms with Crippen molar-refractivity contribution in [3.63, 3.8) is 0 Å². The van der Waals surface area contributed by atoms with E-state index in [1.807, 2.05) is 13.0 Å². The summed E-state index contributed by atoms with van der Waals surface area (Å²) in [6.45, 7) is 6.90. The summed E-state index contributed by atoms with van der Waals surface area (Å²) in [4.78, 5) is 27.8. The van der Waals surface area contributed by atoms with Crippen molar-refractivity contribution in [3.8, 4) is 5.75 Å². The normalized spacial score (nSPS) is 13.2. The summed E-state index contributed by atoms with van der Waals surface area (Å²) >= 11 is 7.13. The molecule has 0 fully saturated rings. The standard InChI is InChI=1S/C17H19ClN2O4S/c1-8-5-6-12(18)13(7-8)24-11(4)15(21)19-10(3)16-20-9(2)14(25-16)17(22)23/h5-7,10-11H,1-4H3,(H,19,21)(H,22,23). The first kappa shape index (κ1) is 19.2. The number of aromatic carboxylic acids is 1. The fourth-order valence-corrected chi connectivity index (χ4v) is 3.21. The van der Waals surface area contributed by atoms with E-state index in [1.165, 1.54) is 0 Å². The van der Waals surface area contributed by atoms with Gasteiger partial charge in [-0.1, -0.05) is 17.7 Å². The molecule has 6 nitrogen and oxygen atoms in total. The number of carbonyl (C=O) groups is 2. The fourth-order valence-electron chi connectivity index (χ4n) is 2.14. The number of amides is 1. The van der Waals surface area contributed by atoms with Crippen LogP contribution in [0.1, 0.15) is 45.8 Å². The number of aryl methyl sites for hydroxylation is 2. The maximum atomic E-state index is 12.3. The lowest BCUT2D eigenvalue weighted by atomic mass is 10.2. The molecule has 0 aliphatic rings. The van der Waals surface area contributed by atoms with Gasteiger partial charge in [-0.2, -0.15) is 0 Å². The van der Waals surface area contributed by atoms with Crippen LogP contribution < -0.4 is 10.1 Å². The van der Waals surface area contributed by atoms with Gasteiger partial charge in [0.25, 0.3) is 5.91 Å². The van der Waals surface area contributed by atoms with Crippen molar-refractivity contribution >= 4 is 34.8 Å². The van der Waals surface area contributed by atoms with E-state index in [1.54, 1.807) is 32.9 Å². The number of benzene rings is 1. The van der Waals surface area contributed by atoms with Crippen molar-refractivity contribution in [3.05, 3.63) is 44.4 Å². The van der Waals surface area contributed by atoms with Gasteiger partial charge in [0.15, 0.2) is 6.10 Å². The molecule has 0 saturated heterocycles. The zero-order valence-electron chi connectivity index (χ0n) is 14.3. The summed E-state index contributed by atoms with van der Waals surface area (Å²) in [7, 11) is 0. The number of aromatic nitrogens is 1. The van der Waals surface area contributed by atoms with Gasteiger partial charge in [0.1, 0.15) is 15.6 Å². The quantitative estimate of drug-likeness (QED) is 0.794. The number of carboxylic acids is 1. The minimum Gasteiger partial charge on any atom is -0.479 e. The Morgan fingerprint density at radius 2 is 2.00 bits per heavy atom. The molecule has 8 heteroatoms. The van der Waals surface area contributed by atoms with Gasteiger partial charge in [0.2, 0.25) is 0 Å². The van der Waals surface area contributed by atoms with E-state index in [-0.39, 0.29) is 10.8 Å². The van der Waals surface area contributed by atoms with Gasteiger partial charge in [0.05, 0.1) is 16.8 Å². The Bertz CT molecular complexity index is 806. The molecule has 0 radical (unpaired) electrons. The molecule has 2 aromatic rings. The van der Waals surface area contributed by atoms with E-state index in [4.69, 9.17) is 21.4 Å². The van der Waals surface area contributed by atoms with E-state index < -0.39 is 18.1 Å². The number of thiazole rings is 1. The first-order valence-electron chi connectivity index (χ1n) is 7.62. The smallest absolute Gasteiger partial charge is 0.347 e. The van der Waals surface area contributed by atoms with E-state index in [9.17, 15) is 9.59 Å². The highest BCUT2D eigenvalue weighted by Gasteiger charge is 2.22. The molecule has 1 heterocycles. The third kappa shape index (κ3) is 4.70. The zero-order valence-corrected chi connectivity index (χ0v) is 15.9. The topological polar surface area (TPSA) is 88.5 Å². The summed E-state index contributed by atoms with van der Waals surface area (Å²) in [5, 5.41) is 12.8. The second-order valence-corrected chi connectivity index (χ2v) is 7.13. The summed E-state index contributed by atoms with van der Waals surface area (Å²) in [6.07, 6.45) is -0.762. The average Bonchev–Trinajstić information content (AvgIpc) is 2.93. The molecule has 1 aromatic heterocycles. The van der Waals surface area contributed by atoms with Crippen LogP contribution in [-0.2, 0) is 4.79 Å². The average molecular weight is 383 g/mol. The number of rotatable bonds is 6. The van der Waals surface area contributed by atoms with Crippen LogP contribution in [0.25, 0.3) is 0 Å². The molecule has 0 saturated carbocycles. The predicted octanol–water partition coefficient (Wildman–Crippen LogP) is 3.76. The lowest BCUT2D eigenvalue weighted by molar-refractivity contribution is -0.127. The van der Waals surface area contributed by atoms with E-state index in [0.29, 0.717) is 21.5 Å². The Morgan fingerprint density at radius 3 is 2.60 bits per heavy atom. The number of hydrogen-bond donors (Lipinski definition) is 2. The summed E-state index contributed by atoms with van der Waals surface area (Å²) in [5.41, 5.74) is 1.41. The van der Waals surface area contributed by atoms with Crippen LogP contribution in [0.4, 0.5) is 0 Å². The van der Waals surface area contributed by atoms with E-state index in [2.05, 4.69) is 10.3 Å². The van der Waals surface area contributed by atoms with Gasteiger partial charge in [-0.15, -0.1) is 11.3 Å². The molecule has 0 aliphatic carbocycles. The van der Waals surface area contributed by atoms with Crippen molar-refractivity contribution in [1.82, 2.24) is 10.3 Å². The third-order valence-corrected chi connectivity index (χ3v) is 5.14. The maximum absolute atomic E-state index is 12.3. The van der Waals surface area contributed by atoms with Crippen LogP contribution in [0, 0.1) is 13.8 Å². The lowest BCUT2D eigenvalue weighted by Gasteiger charge is -2.18. The zero-order chi connectivity index (χ0) is 18.7. The molecule has 0 spiro atoms. The van der Waals surface area contributed by atoms with Crippen LogP contribution in [-0.4, -0.2) is 28.1 Å². The van der Waals surface area contributed by atoms with E-state index in [0.717, 1.165) is 16.9 Å². The number of hydrogen-bond acceptors (Lipinski definition) is 5. The van der Waals surface area contributed by atoms with Crippen LogP contribution in [0.2, 0.25) is 5.02 Å². The highest BCUT2D eigenvalue weighted by Crippen LogP contribution is 2.27. The van der Waals surface area contributed by atoms with Crippen molar-refractivity contribution in [2.24, 2.45) is 0 Å². The highest BCUT2D eigenvalue weighted by atomic mass is 35.5. The predicted molar refractivity (Wildman–Crippen MR) is 96.6 cm³/mol. The SMILES string of the molecule is Cc1ccc(Cl)c(OC(C)C(=O)NC(C)c2nc(C)c(C(=O)O)s2)c1. The molecule has 0 bridgehead atoms. The minimum absolute atomic E-state index is 0.173. The Morgan fingerprint density at radius 1 is 1.32 bits per heavy atom. The molecule has 2 N–H and O–H groups in total. The first-order valence-corrected chi connectivity index (χ1v) is 8.82. The highest BCUT2D eigenvalue weighted by molar-refractivity contribution is 7.13. The Kier molecular flexibility index (Phi) is 6.02. The number of halogens is 1. The van der Waals surface area contributed by atoms with Crippen LogP contribution >= 0.6 is 22.9 Å². The van der Waals surface area contributed by atoms with E-state index >= 15 is 0 Å². The second kappa shape index (κ2) is 7.84. The molecule has 1 aromatic carbocycles. The molecule has 134 valence electrons. The van der Waals surface area contributed by atoms with Crippen molar-refractivity contribution in [2.75, 3.05) is 0 Å². The number of nitrogens with one attached hydrogen (secondary N) is 1. The summed E-state index contributed by atoms with van der Waals surface area (Å²) < 4.78 is 5.64. The van der Waals surface area contributed by atoms with Gasteiger partial charge >= 0.3 is 5.97 Å². The molecule has 0 aliphatic heterocycles. The lowest BCUT2D eigenvalue weighted by Crippen LogP contribution is -2.37. The number of nitrogens with zero attached hydrogens (tertiary/aromatic N) is 1. The molecular weight excluding hydrogens is 364 g/mol. The summed E-state index contributed by atoms with van der Waals surface area (Å²) in [6, 6.07) is 4.90. The molecule has 2 atom stereocenters. The number of carboxylic acid groups (broad SMARTS) is 1. The van der Waals surface area contributed by atoms with Crippen LogP contribution in [0.3, 0.4) is 0 Å². The van der Waals surface area contributed by atoms with Gasteiger partial charge in [-0.25, -0.2) is 9.78 Å². The molecule has 1 amide bonds. The fraction of sp³-hybridized carbons (Fsp3) is 0.353. The van der Waals surface area contributed by atoms with Crippen molar-refractivity contribution in [2.45, 2.75) is 39.8 Å². The maximum Gasteiger partial charge on any atom is 0.347 e. The number of carbonyl (C=O) groups excluding carboxylic acids is 1. The minimum atomic E-state index is -1.02. The van der Waals surface area contributed by atoms with Gasteiger partial charge < -0.3 is 15.2 Å². The third-order valence-electron chi connectivity index (χ3n) is 3.50. The largest absolute Gasteiger partial charge is 0.479 e. The monoisotopic (exact) mass is 382 g/mol. The van der Waals surface area contributed by atoms with Crippen molar-refractivity contribution in [1.29, 1.82) is 0 Å². The van der Waals surface area contributed by atoms with Crippen molar-refractivity contribution < 1.29 is 19.4 Å². The second-order valence-electron chi connectivity index (χ2n) is 5.70. The summed E-state index contributed by atoms with van der Waals surface area (Å²) in [5.74, 6) is -0.921. The molecule has 25 heavy (non-hydrogen) atoms.